The largest absolute Gasteiger partial charge is 0.469 e. The van der Waals surface area contributed by atoms with E-state index in [0.717, 1.165) is 12.0 Å². The van der Waals surface area contributed by atoms with Crippen molar-refractivity contribution >= 4 is 30.0 Å². The Hall–Kier alpha value is -4.81. The predicted molar refractivity (Wildman–Crippen MR) is 182 cm³/mol. The number of hydrogen-bond acceptors (Lipinski definition) is 9. The van der Waals surface area contributed by atoms with Gasteiger partial charge in [0.2, 0.25) is 5.91 Å². The first-order chi connectivity index (χ1) is 23.3. The smallest absolute Gasteiger partial charge is 0.410 e. The van der Waals surface area contributed by atoms with Crippen molar-refractivity contribution in [2.75, 3.05) is 40.4 Å². The maximum absolute atomic E-state index is 13.6. The molecule has 2 N–H and O–H groups in total. The fourth-order valence-electron chi connectivity index (χ4n) is 5.33. The number of nitrogens with zero attached hydrogens (tertiary/aromatic N) is 2. The minimum Gasteiger partial charge on any atom is -0.469 e. The first-order valence-electron chi connectivity index (χ1n) is 16.6. The molecule has 49 heavy (non-hydrogen) atoms. The lowest BCUT2D eigenvalue weighted by molar-refractivity contribution is -0.146. The number of unbranched alkanes of at least 4 members (excludes halogenated alkanes) is 1. The molecule has 0 aromatic heterocycles. The van der Waals surface area contributed by atoms with Crippen molar-refractivity contribution in [2.24, 2.45) is 5.92 Å². The summed E-state index contributed by atoms with van der Waals surface area (Å²) in [6.45, 7) is 7.69. The molecule has 268 valence electrons. The number of amides is 4. The van der Waals surface area contributed by atoms with Crippen molar-refractivity contribution < 1.29 is 42.9 Å². The highest BCUT2D eigenvalue weighted by Gasteiger charge is 2.37. The maximum atomic E-state index is 13.6. The summed E-state index contributed by atoms with van der Waals surface area (Å²) < 4.78 is 21.3. The van der Waals surface area contributed by atoms with E-state index in [1.54, 1.807) is 45.0 Å². The number of carbonyl (C=O) groups excluding carboxylic acids is 5. The first kappa shape index (κ1) is 38.6. The molecular weight excluding hydrogens is 632 g/mol. The van der Waals surface area contributed by atoms with Crippen LogP contribution in [0.5, 0.6) is 11.5 Å². The van der Waals surface area contributed by atoms with Crippen LogP contribution in [0.4, 0.5) is 9.59 Å². The summed E-state index contributed by atoms with van der Waals surface area (Å²) in [6, 6.07) is 14.2. The third-order valence-electron chi connectivity index (χ3n) is 7.88. The number of esters is 2. The maximum Gasteiger partial charge on any atom is 0.410 e. The van der Waals surface area contributed by atoms with Gasteiger partial charge in [-0.15, -0.1) is 0 Å². The van der Waals surface area contributed by atoms with E-state index in [2.05, 4.69) is 10.6 Å². The van der Waals surface area contributed by atoms with Crippen LogP contribution in [0.25, 0.3) is 0 Å². The fraction of sp³-hybridized carbons (Fsp3) is 0.528. The van der Waals surface area contributed by atoms with Gasteiger partial charge in [0, 0.05) is 32.6 Å². The summed E-state index contributed by atoms with van der Waals surface area (Å²) in [5, 5.41) is 5.55. The Morgan fingerprint density at radius 2 is 1.59 bits per heavy atom. The highest BCUT2D eigenvalue weighted by Crippen LogP contribution is 2.23. The molecule has 3 atom stereocenters. The molecule has 0 spiro atoms. The molecule has 13 nitrogen and oxygen atoms in total. The average Bonchev–Trinajstić information content (AvgIpc) is 3.58. The molecule has 1 fully saturated rings. The van der Waals surface area contributed by atoms with Gasteiger partial charge in [0.1, 0.15) is 29.2 Å². The summed E-state index contributed by atoms with van der Waals surface area (Å²) in [6.07, 6.45) is 2.06. The van der Waals surface area contributed by atoms with Gasteiger partial charge in [-0.1, -0.05) is 43.7 Å². The molecule has 0 saturated carbocycles. The van der Waals surface area contributed by atoms with Crippen molar-refractivity contribution in [1.29, 1.82) is 0 Å². The van der Waals surface area contributed by atoms with Crippen LogP contribution in [0, 0.1) is 5.92 Å². The second-order valence-electron chi connectivity index (χ2n) is 12.9. The molecule has 4 amide bonds. The minimum absolute atomic E-state index is 0.0847. The van der Waals surface area contributed by atoms with Gasteiger partial charge < -0.3 is 34.5 Å². The molecule has 2 aromatic rings. The molecule has 0 radical (unpaired) electrons. The van der Waals surface area contributed by atoms with Gasteiger partial charge in [-0.3, -0.25) is 14.5 Å². The SMILES string of the molecule is CCCCN(C[C@@H](CNC(=O)[C@@H]1CCCN1C(=O)OC(C)(C)C)C(=O)OC)C(=O)N[C@@H](Cc1ccc(Oc2ccccc2)cc1)C(=O)OC. The molecule has 1 aliphatic heterocycles. The van der Waals surface area contributed by atoms with Crippen molar-refractivity contribution in [3.05, 3.63) is 60.2 Å². The van der Waals surface area contributed by atoms with Crippen molar-refractivity contribution in [2.45, 2.75) is 77.5 Å². The quantitative estimate of drug-likeness (QED) is 0.201. The zero-order chi connectivity index (χ0) is 36.0. The molecule has 0 aliphatic carbocycles. The Labute approximate surface area is 288 Å². The van der Waals surface area contributed by atoms with E-state index in [-0.39, 0.29) is 26.1 Å². The molecular formula is C36H50N4O9. The van der Waals surface area contributed by atoms with E-state index in [1.165, 1.54) is 24.0 Å². The van der Waals surface area contributed by atoms with Crippen LogP contribution in [0.3, 0.4) is 0 Å². The number of rotatable bonds is 15. The highest BCUT2D eigenvalue weighted by atomic mass is 16.6. The topological polar surface area (TPSA) is 153 Å². The van der Waals surface area contributed by atoms with Crippen LogP contribution in [0.1, 0.15) is 58.9 Å². The third-order valence-corrected chi connectivity index (χ3v) is 7.88. The molecule has 2 aromatic carbocycles. The van der Waals surface area contributed by atoms with Gasteiger partial charge in [0.05, 0.1) is 20.1 Å². The van der Waals surface area contributed by atoms with E-state index in [1.807, 2.05) is 37.3 Å². The Morgan fingerprint density at radius 1 is 0.939 bits per heavy atom. The molecule has 1 heterocycles. The Kier molecular flexibility index (Phi) is 14.7. The summed E-state index contributed by atoms with van der Waals surface area (Å²) in [7, 11) is 2.48. The van der Waals surface area contributed by atoms with E-state index in [9.17, 15) is 24.0 Å². The van der Waals surface area contributed by atoms with Gasteiger partial charge in [0.15, 0.2) is 0 Å². The summed E-state index contributed by atoms with van der Waals surface area (Å²) in [4.78, 5) is 68.0. The van der Waals surface area contributed by atoms with Crippen molar-refractivity contribution in [3.63, 3.8) is 0 Å². The molecule has 1 aliphatic rings. The number of carbonyl (C=O) groups is 5. The van der Waals surface area contributed by atoms with Gasteiger partial charge >= 0.3 is 24.1 Å². The van der Waals surface area contributed by atoms with E-state index < -0.39 is 53.6 Å². The van der Waals surface area contributed by atoms with Crippen molar-refractivity contribution in [1.82, 2.24) is 20.4 Å². The van der Waals surface area contributed by atoms with Crippen LogP contribution >= 0.6 is 0 Å². The van der Waals surface area contributed by atoms with Crippen LogP contribution in [-0.4, -0.2) is 97.9 Å². The lowest BCUT2D eigenvalue weighted by atomic mass is 10.1. The number of para-hydroxylation sites is 1. The molecule has 13 heteroatoms. The number of methoxy groups -OCH3 is 2. The molecule has 0 unspecified atom stereocenters. The summed E-state index contributed by atoms with van der Waals surface area (Å²) in [5.41, 5.74) is 0.0486. The number of nitrogens with one attached hydrogen (secondary N) is 2. The molecule has 1 saturated heterocycles. The van der Waals surface area contributed by atoms with Gasteiger partial charge in [-0.2, -0.15) is 0 Å². The van der Waals surface area contributed by atoms with Crippen LogP contribution in [-0.2, 0) is 35.0 Å². The standard InChI is InChI=1S/C36H50N4O9/c1-7-8-20-39(24-26(32(42)46-5)23-37-31(41)30-15-12-21-40(30)35(45)49-36(2,3)4)34(44)38-29(33(43)47-6)22-25-16-18-28(19-17-25)48-27-13-10-9-11-14-27/h9-11,13-14,16-19,26,29-30H,7-8,12,15,20-24H2,1-6H3,(H,37,41)(H,38,44)/t26-,29+,30+/m1/s1. The van der Waals surface area contributed by atoms with Gasteiger partial charge in [-0.25, -0.2) is 14.4 Å². The first-order valence-corrected chi connectivity index (χ1v) is 16.6. The van der Waals surface area contributed by atoms with Crippen LogP contribution < -0.4 is 15.4 Å². The number of urea groups is 1. The molecule has 3 rings (SSSR count). The average molecular weight is 683 g/mol. The van der Waals surface area contributed by atoms with Gasteiger partial charge in [-0.05, 0) is 69.9 Å². The monoisotopic (exact) mass is 682 g/mol. The zero-order valence-corrected chi connectivity index (χ0v) is 29.4. The number of likely N-dealkylation sites (tertiary alicyclic amines) is 1. The van der Waals surface area contributed by atoms with Crippen LogP contribution in [0.2, 0.25) is 0 Å². The number of ether oxygens (including phenoxy) is 4. The lowest BCUT2D eigenvalue weighted by Gasteiger charge is -2.30. The summed E-state index contributed by atoms with van der Waals surface area (Å²) in [5.74, 6) is -1.28. The number of hydrogen-bond donors (Lipinski definition) is 2. The Bertz CT molecular complexity index is 1400. The highest BCUT2D eigenvalue weighted by molar-refractivity contribution is 5.87. The Balaban J connectivity index is 1.68. The minimum atomic E-state index is -1.01. The van der Waals surface area contributed by atoms with Crippen molar-refractivity contribution in [3.8, 4) is 11.5 Å². The normalized spacial score (nSPS) is 15.4. The summed E-state index contributed by atoms with van der Waals surface area (Å²) >= 11 is 0. The van der Waals surface area contributed by atoms with Gasteiger partial charge in [0.25, 0.3) is 0 Å². The predicted octanol–water partition coefficient (Wildman–Crippen LogP) is 4.68. The Morgan fingerprint density at radius 3 is 2.20 bits per heavy atom. The third kappa shape index (κ3) is 12.3. The number of benzene rings is 2. The second kappa shape index (κ2) is 18.7. The second-order valence-corrected chi connectivity index (χ2v) is 12.9. The lowest BCUT2D eigenvalue weighted by Crippen LogP contribution is -2.53. The van der Waals surface area contributed by atoms with E-state index in [0.29, 0.717) is 37.3 Å². The zero-order valence-electron chi connectivity index (χ0n) is 29.4. The fourth-order valence-corrected chi connectivity index (χ4v) is 5.33. The van der Waals surface area contributed by atoms with E-state index in [4.69, 9.17) is 18.9 Å². The van der Waals surface area contributed by atoms with E-state index >= 15 is 0 Å². The van der Waals surface area contributed by atoms with Crippen LogP contribution in [0.15, 0.2) is 54.6 Å². The molecule has 0 bridgehead atoms.